The van der Waals surface area contributed by atoms with E-state index in [0.717, 1.165) is 0 Å². The molecule has 0 bridgehead atoms. The van der Waals surface area contributed by atoms with Crippen LogP contribution in [0.25, 0.3) is 33.4 Å². The zero-order chi connectivity index (χ0) is 40.1. The van der Waals surface area contributed by atoms with E-state index in [1.165, 1.54) is 119 Å². The van der Waals surface area contributed by atoms with Crippen LogP contribution in [0.3, 0.4) is 0 Å². The van der Waals surface area contributed by atoms with Crippen molar-refractivity contribution in [2.24, 2.45) is 0 Å². The fourth-order valence-corrected chi connectivity index (χ4v) is 12.2. The van der Waals surface area contributed by atoms with Crippen molar-refractivity contribution < 1.29 is 0 Å². The van der Waals surface area contributed by atoms with Gasteiger partial charge in [-0.2, -0.15) is 0 Å². The first-order valence-electron chi connectivity index (χ1n) is 21.8. The van der Waals surface area contributed by atoms with Gasteiger partial charge in [0.2, 0.25) is 0 Å². The predicted octanol–water partition coefficient (Wildman–Crippen LogP) is 13.1. The first kappa shape index (κ1) is 34.3. The van der Waals surface area contributed by atoms with Crippen LogP contribution in [0.4, 0.5) is 28.4 Å². The minimum absolute atomic E-state index is 0.0621. The molecule has 0 amide bonds. The first-order valence-corrected chi connectivity index (χ1v) is 21.8. The smallest absolute Gasteiger partial charge is 0.333 e. The molecule has 3 heterocycles. The Hall–Kier alpha value is -6.58. The summed E-state index contributed by atoms with van der Waals surface area (Å²) in [6, 6.07) is 67.4. The molecule has 286 valence electrons. The SMILES string of the molecule is CC1(C)CCC(C)(C)c2cc3c(cc21)-c1cc(-c2ccccc2)cc2c1B(c1cccc4c1N2c1ccccc1C41c2ccccc2-c2ccccc21)N3c1ccccc1. The molecule has 8 aromatic carbocycles. The fourth-order valence-electron chi connectivity index (χ4n) is 12.2. The number of benzene rings is 8. The summed E-state index contributed by atoms with van der Waals surface area (Å²) in [5, 5.41) is 0. The van der Waals surface area contributed by atoms with E-state index in [1.807, 2.05) is 0 Å². The average Bonchev–Trinajstić information content (AvgIpc) is 3.58. The number of hydrogen-bond acceptors (Lipinski definition) is 2. The molecule has 0 aromatic heterocycles. The maximum absolute atomic E-state index is 2.71. The molecule has 0 radical (unpaired) electrons. The quantitative estimate of drug-likeness (QED) is 0.162. The van der Waals surface area contributed by atoms with Gasteiger partial charge in [-0.15, -0.1) is 0 Å². The molecule has 13 rings (SSSR count). The molecule has 1 spiro atoms. The van der Waals surface area contributed by atoms with Gasteiger partial charge in [-0.1, -0.05) is 161 Å². The van der Waals surface area contributed by atoms with Crippen LogP contribution in [0.1, 0.15) is 73.9 Å². The highest BCUT2D eigenvalue weighted by molar-refractivity contribution is 6.93. The van der Waals surface area contributed by atoms with Crippen molar-refractivity contribution in [2.75, 3.05) is 9.71 Å². The average molecular weight is 769 g/mol. The third kappa shape index (κ3) is 4.25. The predicted molar refractivity (Wildman–Crippen MR) is 252 cm³/mol. The molecule has 0 saturated heterocycles. The van der Waals surface area contributed by atoms with Crippen LogP contribution in [0.15, 0.2) is 176 Å². The normalized spacial score (nSPS) is 17.2. The second-order valence-corrected chi connectivity index (χ2v) is 19.1. The third-order valence-corrected chi connectivity index (χ3v) is 15.1. The van der Waals surface area contributed by atoms with Gasteiger partial charge in [0.25, 0.3) is 0 Å². The number of para-hydroxylation sites is 3. The van der Waals surface area contributed by atoms with Gasteiger partial charge in [-0.25, -0.2) is 0 Å². The maximum Gasteiger partial charge on any atom is 0.333 e. The topological polar surface area (TPSA) is 6.48 Å². The van der Waals surface area contributed by atoms with E-state index in [0.29, 0.717) is 0 Å². The largest absolute Gasteiger partial charge is 0.376 e. The Morgan fingerprint density at radius 3 is 1.70 bits per heavy atom. The monoisotopic (exact) mass is 768 g/mol. The van der Waals surface area contributed by atoms with Crippen LogP contribution in [0.5, 0.6) is 0 Å². The minimum Gasteiger partial charge on any atom is -0.376 e. The van der Waals surface area contributed by atoms with Gasteiger partial charge in [-0.05, 0) is 138 Å². The Kier molecular flexibility index (Phi) is 6.74. The van der Waals surface area contributed by atoms with E-state index in [-0.39, 0.29) is 17.7 Å². The maximum atomic E-state index is 2.71. The molecule has 8 aromatic rings. The molecule has 0 atom stereocenters. The molecule has 2 nitrogen and oxygen atoms in total. The first-order chi connectivity index (χ1) is 29.3. The lowest BCUT2D eigenvalue weighted by Gasteiger charge is -2.52. The highest BCUT2D eigenvalue weighted by Crippen LogP contribution is 2.64. The van der Waals surface area contributed by atoms with E-state index in [2.05, 4.69) is 213 Å². The van der Waals surface area contributed by atoms with Crippen LogP contribution >= 0.6 is 0 Å². The van der Waals surface area contributed by atoms with Gasteiger partial charge in [0.05, 0.1) is 11.1 Å². The zero-order valence-corrected chi connectivity index (χ0v) is 34.6. The van der Waals surface area contributed by atoms with Crippen molar-refractivity contribution in [2.45, 2.75) is 56.8 Å². The van der Waals surface area contributed by atoms with Crippen molar-refractivity contribution in [1.82, 2.24) is 0 Å². The Morgan fingerprint density at radius 2 is 1.00 bits per heavy atom. The zero-order valence-electron chi connectivity index (χ0n) is 34.6. The van der Waals surface area contributed by atoms with Gasteiger partial charge < -0.3 is 9.71 Å². The number of fused-ring (bicyclic) bond motifs is 14. The van der Waals surface area contributed by atoms with Crippen LogP contribution in [0, 0.1) is 0 Å². The summed E-state index contributed by atoms with van der Waals surface area (Å²) < 4.78 is 0. The Balaban J connectivity index is 1.21. The standard InChI is InChI=1S/C57H45BN2/c1-55(2)30-31-56(3,4)48-35-51-41(34-47(48)55)42-32-37(36-18-7-5-8-19-36)33-52-53(42)58(60(51)38-20-9-6-10-21-38)49-28-17-27-46-54(49)59(52)50-29-16-15-26-45(50)57(46)43-24-13-11-22-39(43)40-23-12-14-25-44(40)57/h5-29,32-35H,30-31H2,1-4H3. The lowest BCUT2D eigenvalue weighted by molar-refractivity contribution is 0.332. The van der Waals surface area contributed by atoms with Gasteiger partial charge in [0, 0.05) is 28.3 Å². The molecule has 5 aliphatic rings. The van der Waals surface area contributed by atoms with Crippen molar-refractivity contribution in [1.29, 1.82) is 0 Å². The summed E-state index contributed by atoms with van der Waals surface area (Å²) in [4.78, 5) is 5.37. The Bertz CT molecular complexity index is 3080. The lowest BCUT2D eigenvalue weighted by Crippen LogP contribution is -2.62. The number of nitrogens with zero attached hydrogens (tertiary/aromatic N) is 2. The Labute approximate surface area is 353 Å². The van der Waals surface area contributed by atoms with E-state index < -0.39 is 5.41 Å². The number of anilines is 5. The molecule has 0 saturated carbocycles. The summed E-state index contributed by atoms with van der Waals surface area (Å²) in [5.41, 5.74) is 24.9. The van der Waals surface area contributed by atoms with Gasteiger partial charge in [0.15, 0.2) is 0 Å². The van der Waals surface area contributed by atoms with Gasteiger partial charge in [-0.3, -0.25) is 0 Å². The lowest BCUT2D eigenvalue weighted by atomic mass is 9.42. The molecule has 0 N–H and O–H groups in total. The molecule has 0 unspecified atom stereocenters. The van der Waals surface area contributed by atoms with Crippen LogP contribution in [-0.2, 0) is 16.2 Å². The second-order valence-electron chi connectivity index (χ2n) is 19.1. The Morgan fingerprint density at radius 1 is 0.417 bits per heavy atom. The molecule has 60 heavy (non-hydrogen) atoms. The van der Waals surface area contributed by atoms with Crippen LogP contribution < -0.4 is 20.6 Å². The van der Waals surface area contributed by atoms with Gasteiger partial charge >= 0.3 is 6.85 Å². The van der Waals surface area contributed by atoms with E-state index >= 15 is 0 Å². The molecule has 2 aliphatic carbocycles. The second kappa shape index (κ2) is 11.8. The summed E-state index contributed by atoms with van der Waals surface area (Å²) in [7, 11) is 0. The number of hydrogen-bond donors (Lipinski definition) is 0. The highest BCUT2D eigenvalue weighted by Gasteiger charge is 2.56. The summed E-state index contributed by atoms with van der Waals surface area (Å²) in [5.74, 6) is 0. The summed E-state index contributed by atoms with van der Waals surface area (Å²) >= 11 is 0. The van der Waals surface area contributed by atoms with E-state index in [9.17, 15) is 0 Å². The molecule has 3 aliphatic heterocycles. The van der Waals surface area contributed by atoms with Gasteiger partial charge in [0.1, 0.15) is 0 Å². The van der Waals surface area contributed by atoms with Crippen molar-refractivity contribution in [3.63, 3.8) is 0 Å². The minimum atomic E-state index is -0.484. The highest BCUT2D eigenvalue weighted by atomic mass is 15.2. The van der Waals surface area contributed by atoms with Crippen molar-refractivity contribution >= 4 is 46.2 Å². The van der Waals surface area contributed by atoms with Crippen LogP contribution in [0.2, 0.25) is 0 Å². The van der Waals surface area contributed by atoms with E-state index in [1.54, 1.807) is 0 Å². The molecular weight excluding hydrogens is 723 g/mol. The third-order valence-electron chi connectivity index (χ3n) is 15.1. The fraction of sp³-hybridized carbons (Fsp3) is 0.158. The number of rotatable bonds is 2. The summed E-state index contributed by atoms with van der Waals surface area (Å²) in [6.45, 7) is 9.78. The molecule has 0 fully saturated rings. The van der Waals surface area contributed by atoms with Crippen molar-refractivity contribution in [3.05, 3.63) is 209 Å². The van der Waals surface area contributed by atoms with Crippen molar-refractivity contribution in [3.8, 4) is 33.4 Å². The van der Waals surface area contributed by atoms with Crippen LogP contribution in [-0.4, -0.2) is 6.85 Å². The van der Waals surface area contributed by atoms with E-state index in [4.69, 9.17) is 0 Å². The molecule has 3 heteroatoms. The molecular formula is C57H45BN2. The summed E-state index contributed by atoms with van der Waals surface area (Å²) in [6.07, 6.45) is 2.35.